The molecule has 6 heteroatoms. The predicted molar refractivity (Wildman–Crippen MR) is 54.1 cm³/mol. The van der Waals surface area contributed by atoms with Crippen LogP contribution >= 0.6 is 0 Å². The van der Waals surface area contributed by atoms with Crippen molar-refractivity contribution in [2.45, 2.75) is 12.8 Å². The molecule has 0 bridgehead atoms. The summed E-state index contributed by atoms with van der Waals surface area (Å²) in [6.45, 7) is 2.41. The molecular formula is C9H17N3O3. The Bertz CT molecular complexity index is 227. The van der Waals surface area contributed by atoms with Crippen molar-refractivity contribution in [2.75, 3.05) is 26.3 Å². The SMILES string of the molecule is NC(=O)NC(=O)CNCC1CCCOC1. The predicted octanol–water partition coefficient (Wildman–Crippen LogP) is -0.802. The molecule has 1 heterocycles. The number of ether oxygens (including phenoxy) is 1. The molecule has 6 nitrogen and oxygen atoms in total. The zero-order valence-corrected chi connectivity index (χ0v) is 8.62. The monoisotopic (exact) mass is 215 g/mol. The van der Waals surface area contributed by atoms with Gasteiger partial charge in [0.05, 0.1) is 13.2 Å². The van der Waals surface area contributed by atoms with Crippen LogP contribution in [0.1, 0.15) is 12.8 Å². The van der Waals surface area contributed by atoms with E-state index in [1.807, 2.05) is 5.32 Å². The van der Waals surface area contributed by atoms with Gasteiger partial charge in [0.1, 0.15) is 0 Å². The van der Waals surface area contributed by atoms with Crippen LogP contribution in [0.4, 0.5) is 4.79 Å². The Morgan fingerprint density at radius 2 is 2.27 bits per heavy atom. The number of carbonyl (C=O) groups is 2. The van der Waals surface area contributed by atoms with E-state index in [9.17, 15) is 9.59 Å². The zero-order chi connectivity index (χ0) is 11.1. The van der Waals surface area contributed by atoms with Crippen molar-refractivity contribution in [1.29, 1.82) is 0 Å². The van der Waals surface area contributed by atoms with Crippen molar-refractivity contribution in [1.82, 2.24) is 10.6 Å². The summed E-state index contributed by atoms with van der Waals surface area (Å²) in [5, 5.41) is 4.95. The maximum atomic E-state index is 11.0. The molecule has 0 aromatic carbocycles. The molecule has 86 valence electrons. The molecule has 1 fully saturated rings. The number of amides is 3. The number of urea groups is 1. The highest BCUT2D eigenvalue weighted by molar-refractivity contribution is 5.94. The van der Waals surface area contributed by atoms with Crippen LogP contribution in [-0.4, -0.2) is 38.2 Å². The fourth-order valence-electron chi connectivity index (χ4n) is 1.54. The third-order valence-electron chi connectivity index (χ3n) is 2.24. The molecule has 0 aromatic rings. The highest BCUT2D eigenvalue weighted by atomic mass is 16.5. The maximum Gasteiger partial charge on any atom is 0.318 e. The van der Waals surface area contributed by atoms with E-state index in [1.54, 1.807) is 0 Å². The average molecular weight is 215 g/mol. The fourth-order valence-corrected chi connectivity index (χ4v) is 1.54. The Kier molecular flexibility index (Phi) is 5.06. The van der Waals surface area contributed by atoms with Gasteiger partial charge >= 0.3 is 6.03 Å². The van der Waals surface area contributed by atoms with E-state index in [0.29, 0.717) is 5.92 Å². The lowest BCUT2D eigenvalue weighted by Gasteiger charge is -2.21. The maximum absolute atomic E-state index is 11.0. The lowest BCUT2D eigenvalue weighted by atomic mass is 10.0. The summed E-state index contributed by atoms with van der Waals surface area (Å²) in [6, 6.07) is -0.817. The van der Waals surface area contributed by atoms with Crippen LogP contribution in [0.25, 0.3) is 0 Å². The van der Waals surface area contributed by atoms with Gasteiger partial charge in [-0.3, -0.25) is 10.1 Å². The van der Waals surface area contributed by atoms with Crippen molar-refractivity contribution in [3.63, 3.8) is 0 Å². The number of nitrogens with one attached hydrogen (secondary N) is 2. The average Bonchev–Trinajstić information content (AvgIpc) is 2.18. The standard InChI is InChI=1S/C9H17N3O3/c10-9(14)12-8(13)5-11-4-7-2-1-3-15-6-7/h7,11H,1-6H2,(H3,10,12,13,14). The number of hydrogen-bond acceptors (Lipinski definition) is 4. The number of imide groups is 1. The lowest BCUT2D eigenvalue weighted by Crippen LogP contribution is -2.42. The number of rotatable bonds is 4. The van der Waals surface area contributed by atoms with Gasteiger partial charge in [-0.15, -0.1) is 0 Å². The van der Waals surface area contributed by atoms with Gasteiger partial charge in [-0.1, -0.05) is 0 Å². The Morgan fingerprint density at radius 1 is 1.47 bits per heavy atom. The Hall–Kier alpha value is -1.14. The first-order valence-electron chi connectivity index (χ1n) is 5.06. The molecule has 1 saturated heterocycles. The van der Waals surface area contributed by atoms with Gasteiger partial charge in [0.15, 0.2) is 0 Å². The molecule has 0 radical (unpaired) electrons. The third-order valence-corrected chi connectivity index (χ3v) is 2.24. The molecule has 1 rings (SSSR count). The fraction of sp³-hybridized carbons (Fsp3) is 0.778. The van der Waals surface area contributed by atoms with Gasteiger partial charge in [0, 0.05) is 13.2 Å². The Morgan fingerprint density at radius 3 is 2.87 bits per heavy atom. The summed E-state index contributed by atoms with van der Waals surface area (Å²) in [7, 11) is 0. The molecule has 1 aliphatic rings. The van der Waals surface area contributed by atoms with E-state index < -0.39 is 11.9 Å². The van der Waals surface area contributed by atoms with E-state index in [1.165, 1.54) is 0 Å². The van der Waals surface area contributed by atoms with Crippen LogP contribution in [0.2, 0.25) is 0 Å². The summed E-state index contributed by atoms with van der Waals surface area (Å²) < 4.78 is 5.29. The van der Waals surface area contributed by atoms with Crippen LogP contribution in [0.5, 0.6) is 0 Å². The molecule has 1 aliphatic heterocycles. The molecule has 4 N–H and O–H groups in total. The smallest absolute Gasteiger partial charge is 0.318 e. The van der Waals surface area contributed by atoms with E-state index in [2.05, 4.69) is 5.32 Å². The summed E-state index contributed by atoms with van der Waals surface area (Å²) in [4.78, 5) is 21.3. The van der Waals surface area contributed by atoms with E-state index in [0.717, 1.165) is 32.6 Å². The van der Waals surface area contributed by atoms with Crippen molar-refractivity contribution in [2.24, 2.45) is 11.7 Å². The molecule has 1 unspecified atom stereocenters. The first-order chi connectivity index (χ1) is 7.18. The van der Waals surface area contributed by atoms with Crippen LogP contribution < -0.4 is 16.4 Å². The summed E-state index contributed by atoms with van der Waals surface area (Å²) >= 11 is 0. The molecule has 0 aliphatic carbocycles. The first-order valence-corrected chi connectivity index (χ1v) is 5.06. The van der Waals surface area contributed by atoms with Crippen LogP contribution in [0.3, 0.4) is 0 Å². The van der Waals surface area contributed by atoms with E-state index >= 15 is 0 Å². The molecule has 0 spiro atoms. The highest BCUT2D eigenvalue weighted by Gasteiger charge is 2.13. The Labute approximate surface area is 88.5 Å². The van der Waals surface area contributed by atoms with Gasteiger partial charge < -0.3 is 15.8 Å². The second-order valence-corrected chi connectivity index (χ2v) is 3.63. The first kappa shape index (κ1) is 11.9. The minimum Gasteiger partial charge on any atom is -0.381 e. The quantitative estimate of drug-likeness (QED) is 0.572. The number of nitrogens with two attached hydrogens (primary N) is 1. The summed E-state index contributed by atoms with van der Waals surface area (Å²) in [6.07, 6.45) is 2.18. The van der Waals surface area contributed by atoms with Gasteiger partial charge in [0.2, 0.25) is 5.91 Å². The van der Waals surface area contributed by atoms with Crippen molar-refractivity contribution in [3.8, 4) is 0 Å². The van der Waals surface area contributed by atoms with Crippen LogP contribution in [0, 0.1) is 5.92 Å². The number of hydrogen-bond donors (Lipinski definition) is 3. The minimum absolute atomic E-state index is 0.111. The van der Waals surface area contributed by atoms with Crippen molar-refractivity contribution in [3.05, 3.63) is 0 Å². The van der Waals surface area contributed by atoms with Gasteiger partial charge in [0.25, 0.3) is 0 Å². The molecule has 15 heavy (non-hydrogen) atoms. The second-order valence-electron chi connectivity index (χ2n) is 3.63. The highest BCUT2D eigenvalue weighted by Crippen LogP contribution is 2.11. The summed E-state index contributed by atoms with van der Waals surface area (Å²) in [5.74, 6) is 0.0550. The van der Waals surface area contributed by atoms with Crippen molar-refractivity contribution < 1.29 is 14.3 Å². The second kappa shape index (κ2) is 6.36. The molecule has 1 atom stereocenters. The van der Waals surface area contributed by atoms with E-state index in [-0.39, 0.29) is 6.54 Å². The molecule has 0 saturated carbocycles. The van der Waals surface area contributed by atoms with Gasteiger partial charge in [-0.05, 0) is 18.8 Å². The number of carbonyl (C=O) groups excluding carboxylic acids is 2. The normalized spacial score (nSPS) is 20.9. The Balaban J connectivity index is 2.04. The zero-order valence-electron chi connectivity index (χ0n) is 8.62. The number of primary amides is 1. The molecule has 0 aromatic heterocycles. The van der Waals surface area contributed by atoms with E-state index in [4.69, 9.17) is 10.5 Å². The van der Waals surface area contributed by atoms with Crippen molar-refractivity contribution >= 4 is 11.9 Å². The summed E-state index contributed by atoms with van der Waals surface area (Å²) in [5.41, 5.74) is 4.79. The van der Waals surface area contributed by atoms with Gasteiger partial charge in [-0.25, -0.2) is 4.79 Å². The molecule has 3 amide bonds. The van der Waals surface area contributed by atoms with Crippen LogP contribution in [0.15, 0.2) is 0 Å². The topological polar surface area (TPSA) is 93.5 Å². The minimum atomic E-state index is -0.817. The van der Waals surface area contributed by atoms with Crippen LogP contribution in [-0.2, 0) is 9.53 Å². The molecular weight excluding hydrogens is 198 g/mol. The largest absolute Gasteiger partial charge is 0.381 e. The third kappa shape index (κ3) is 5.34. The van der Waals surface area contributed by atoms with Gasteiger partial charge in [-0.2, -0.15) is 0 Å². The lowest BCUT2D eigenvalue weighted by molar-refractivity contribution is -0.119.